The van der Waals surface area contributed by atoms with Crippen molar-refractivity contribution in [1.29, 1.82) is 0 Å². The van der Waals surface area contributed by atoms with Crippen LogP contribution in [0.1, 0.15) is 18.4 Å². The van der Waals surface area contributed by atoms with Gasteiger partial charge in [-0.1, -0.05) is 12.1 Å². The fourth-order valence-electron chi connectivity index (χ4n) is 2.12. The molecule has 2 unspecified atom stereocenters. The molecule has 0 heterocycles. The van der Waals surface area contributed by atoms with E-state index in [0.717, 1.165) is 3.57 Å². The maximum absolute atomic E-state index is 11.7. The van der Waals surface area contributed by atoms with Gasteiger partial charge in [-0.3, -0.25) is 14.2 Å². The Balaban J connectivity index is 3.03. The van der Waals surface area contributed by atoms with Gasteiger partial charge in [0.05, 0.1) is 11.6 Å². The van der Waals surface area contributed by atoms with E-state index in [0.29, 0.717) is 5.56 Å². The molecule has 0 bridgehead atoms. The predicted molar refractivity (Wildman–Crippen MR) is 86.7 cm³/mol. The number of halogens is 1. The summed E-state index contributed by atoms with van der Waals surface area (Å²) in [7, 11) is -4.70. The highest BCUT2D eigenvalue weighted by atomic mass is 127. The van der Waals surface area contributed by atoms with E-state index in [9.17, 15) is 29.0 Å². The summed E-state index contributed by atoms with van der Waals surface area (Å²) in [5, 5.41) is 17.9. The third kappa shape index (κ3) is 6.04. The lowest BCUT2D eigenvalue weighted by atomic mass is 9.94. The smallest absolute Gasteiger partial charge is 0.329 e. The number of carboxylic acids is 2. The summed E-state index contributed by atoms with van der Waals surface area (Å²) in [6, 6.07) is 6.83. The summed E-state index contributed by atoms with van der Waals surface area (Å²) in [4.78, 5) is 40.9. The van der Waals surface area contributed by atoms with Crippen LogP contribution >= 0.6 is 30.2 Å². The molecule has 1 aromatic carbocycles. The first kappa shape index (κ1) is 19.1. The zero-order chi connectivity index (χ0) is 16.9. The number of carbonyl (C=O) groups is 2. The van der Waals surface area contributed by atoms with E-state index >= 15 is 0 Å². The molecule has 0 saturated carbocycles. The van der Waals surface area contributed by atoms with Crippen LogP contribution in [0.2, 0.25) is 0 Å². The van der Waals surface area contributed by atoms with E-state index in [1.807, 2.05) is 0 Å². The van der Waals surface area contributed by atoms with Crippen LogP contribution in [0.3, 0.4) is 0 Å². The van der Waals surface area contributed by atoms with Crippen molar-refractivity contribution < 1.29 is 34.2 Å². The molecule has 7 nitrogen and oxygen atoms in total. The van der Waals surface area contributed by atoms with E-state index in [1.165, 1.54) is 0 Å². The molecule has 9 heteroatoms. The van der Waals surface area contributed by atoms with Crippen molar-refractivity contribution in [3.05, 3.63) is 33.4 Å². The maximum Gasteiger partial charge on any atom is 0.329 e. The van der Waals surface area contributed by atoms with Crippen molar-refractivity contribution in [2.45, 2.75) is 24.9 Å². The van der Waals surface area contributed by atoms with Gasteiger partial charge in [0, 0.05) is 9.99 Å². The van der Waals surface area contributed by atoms with Crippen LogP contribution in [0.4, 0.5) is 0 Å². The molecule has 0 aliphatic carbocycles. The van der Waals surface area contributed by atoms with Crippen LogP contribution in [0.5, 0.6) is 0 Å². The lowest BCUT2D eigenvalue weighted by Gasteiger charge is -2.24. The minimum atomic E-state index is -4.70. The summed E-state index contributed by atoms with van der Waals surface area (Å²) < 4.78 is 12.6. The molecule has 0 amide bonds. The number of hydrogen-bond donors (Lipinski definition) is 4. The molecule has 2 atom stereocenters. The van der Waals surface area contributed by atoms with Gasteiger partial charge in [0.2, 0.25) is 0 Å². The van der Waals surface area contributed by atoms with Gasteiger partial charge in [0.25, 0.3) is 0 Å². The van der Waals surface area contributed by atoms with Crippen molar-refractivity contribution in [3.63, 3.8) is 0 Å². The van der Waals surface area contributed by atoms with Gasteiger partial charge in [0.1, 0.15) is 0 Å². The molecule has 0 saturated heterocycles. The molecular formula is C13H16IO7P. The van der Waals surface area contributed by atoms with Crippen LogP contribution in [0.15, 0.2) is 24.3 Å². The molecule has 4 N–H and O–H groups in total. The fourth-order valence-corrected chi connectivity index (χ4v) is 3.67. The second kappa shape index (κ2) is 8.05. The topological polar surface area (TPSA) is 132 Å². The molecule has 0 aliphatic heterocycles. The number of carboxylic acid groups (broad SMARTS) is 2. The quantitative estimate of drug-likeness (QED) is 0.358. The van der Waals surface area contributed by atoms with Crippen LogP contribution in [-0.4, -0.2) is 37.6 Å². The SMILES string of the molecule is O=C(O)CCC(C(=O)O)C(Cc1ccc(I)cc1)P(=O)(O)O. The standard InChI is InChI=1S/C13H16IO7P/c14-9-3-1-8(2-4-9)7-11(22(19,20)21)10(13(17)18)5-6-12(15)16/h1-4,10-11H,5-7H2,(H,15,16)(H,17,18)(H2,19,20,21). The lowest BCUT2D eigenvalue weighted by molar-refractivity contribution is -0.143. The highest BCUT2D eigenvalue weighted by molar-refractivity contribution is 14.1. The van der Waals surface area contributed by atoms with Crippen LogP contribution < -0.4 is 0 Å². The number of hydrogen-bond acceptors (Lipinski definition) is 3. The first-order chi connectivity index (χ1) is 10.1. The Bertz CT molecular complexity index is 581. The Hall–Kier alpha value is -0.960. The van der Waals surface area contributed by atoms with Gasteiger partial charge >= 0.3 is 19.5 Å². The van der Waals surface area contributed by atoms with Crippen LogP contribution in [0, 0.1) is 9.49 Å². The van der Waals surface area contributed by atoms with Crippen molar-refractivity contribution in [3.8, 4) is 0 Å². The highest BCUT2D eigenvalue weighted by Crippen LogP contribution is 2.47. The minimum Gasteiger partial charge on any atom is -0.481 e. The molecule has 0 spiro atoms. The summed E-state index contributed by atoms with van der Waals surface area (Å²) in [5.41, 5.74) is -0.861. The Morgan fingerprint density at radius 2 is 1.68 bits per heavy atom. The summed E-state index contributed by atoms with van der Waals surface area (Å²) in [6.45, 7) is 0. The zero-order valence-electron chi connectivity index (χ0n) is 11.4. The normalized spacial score (nSPS) is 14.3. The first-order valence-corrected chi connectivity index (χ1v) is 9.11. The van der Waals surface area contributed by atoms with Crippen molar-refractivity contribution in [2.24, 2.45) is 5.92 Å². The van der Waals surface area contributed by atoms with Crippen LogP contribution in [0.25, 0.3) is 0 Å². The van der Waals surface area contributed by atoms with Gasteiger partial charge in [-0.25, -0.2) is 0 Å². The Labute approximate surface area is 140 Å². The Kier molecular flexibility index (Phi) is 6.98. The monoisotopic (exact) mass is 442 g/mol. The van der Waals surface area contributed by atoms with Gasteiger partial charge in [-0.2, -0.15) is 0 Å². The average molecular weight is 442 g/mol. The second-order valence-electron chi connectivity index (χ2n) is 4.86. The van der Waals surface area contributed by atoms with Crippen molar-refractivity contribution >= 4 is 42.1 Å². The molecule has 122 valence electrons. The predicted octanol–water partition coefficient (Wildman–Crippen LogP) is 1.95. The number of rotatable bonds is 8. The minimum absolute atomic E-state index is 0.127. The molecule has 1 rings (SSSR count). The maximum atomic E-state index is 11.7. The van der Waals surface area contributed by atoms with E-state index in [-0.39, 0.29) is 12.8 Å². The molecule has 0 aromatic heterocycles. The van der Waals surface area contributed by atoms with Crippen LogP contribution in [-0.2, 0) is 20.6 Å². The Morgan fingerprint density at radius 1 is 1.14 bits per heavy atom. The largest absolute Gasteiger partial charge is 0.481 e. The van der Waals surface area contributed by atoms with Gasteiger partial charge in [0.15, 0.2) is 0 Å². The summed E-state index contributed by atoms with van der Waals surface area (Å²) in [6.07, 6.45) is -0.914. The van der Waals surface area contributed by atoms with E-state index in [1.54, 1.807) is 24.3 Å². The third-order valence-electron chi connectivity index (χ3n) is 3.24. The zero-order valence-corrected chi connectivity index (χ0v) is 14.5. The summed E-state index contributed by atoms with van der Waals surface area (Å²) in [5.74, 6) is -4.03. The molecule has 0 aliphatic rings. The first-order valence-electron chi connectivity index (χ1n) is 6.35. The van der Waals surface area contributed by atoms with Crippen molar-refractivity contribution in [1.82, 2.24) is 0 Å². The highest BCUT2D eigenvalue weighted by Gasteiger charge is 2.40. The molecular weight excluding hydrogens is 426 g/mol. The van der Waals surface area contributed by atoms with E-state index < -0.39 is 37.5 Å². The second-order valence-corrected chi connectivity index (χ2v) is 7.95. The molecule has 1 aromatic rings. The fraction of sp³-hybridized carbons (Fsp3) is 0.385. The Morgan fingerprint density at radius 3 is 2.09 bits per heavy atom. The van der Waals surface area contributed by atoms with Crippen molar-refractivity contribution in [2.75, 3.05) is 0 Å². The van der Waals surface area contributed by atoms with Gasteiger partial charge in [-0.15, -0.1) is 0 Å². The van der Waals surface area contributed by atoms with Gasteiger partial charge in [-0.05, 0) is 53.1 Å². The third-order valence-corrected chi connectivity index (χ3v) is 5.37. The van der Waals surface area contributed by atoms with Gasteiger partial charge < -0.3 is 20.0 Å². The summed E-state index contributed by atoms with van der Waals surface area (Å²) >= 11 is 2.08. The number of benzene rings is 1. The van der Waals surface area contributed by atoms with E-state index in [4.69, 9.17) is 5.11 Å². The van der Waals surface area contributed by atoms with E-state index in [2.05, 4.69) is 22.6 Å². The lowest BCUT2D eigenvalue weighted by Crippen LogP contribution is -2.31. The molecule has 22 heavy (non-hydrogen) atoms. The number of aliphatic carboxylic acids is 2. The average Bonchev–Trinajstić information content (AvgIpc) is 2.38. The molecule has 0 fully saturated rings. The molecule has 0 radical (unpaired) electrons.